The molecular weight excluding hydrogens is 399 g/mol. The lowest BCUT2D eigenvalue weighted by Gasteiger charge is -2.32. The van der Waals surface area contributed by atoms with E-state index < -0.39 is 5.82 Å². The van der Waals surface area contributed by atoms with Gasteiger partial charge in [-0.25, -0.2) is 4.39 Å². The number of likely N-dealkylation sites (tertiary alicyclic amines) is 1. The highest BCUT2D eigenvalue weighted by Crippen LogP contribution is 2.28. The number of rotatable bonds is 8. The minimum atomic E-state index is -0.432. The first-order valence-electron chi connectivity index (χ1n) is 10.6. The second-order valence-corrected chi connectivity index (χ2v) is 7.56. The van der Waals surface area contributed by atoms with Gasteiger partial charge in [0.15, 0.2) is 11.5 Å². The van der Waals surface area contributed by atoms with Crippen molar-refractivity contribution in [3.8, 4) is 11.5 Å². The molecule has 1 fully saturated rings. The third kappa shape index (κ3) is 6.20. The lowest BCUT2D eigenvalue weighted by Crippen LogP contribution is -2.46. The monoisotopic (exact) mass is 428 g/mol. The van der Waals surface area contributed by atoms with E-state index in [1.54, 1.807) is 13.2 Å². The van der Waals surface area contributed by atoms with Crippen molar-refractivity contribution in [1.82, 2.24) is 10.2 Å². The van der Waals surface area contributed by atoms with E-state index in [2.05, 4.69) is 5.32 Å². The van der Waals surface area contributed by atoms with Gasteiger partial charge in [-0.1, -0.05) is 12.1 Å². The molecule has 0 bridgehead atoms. The number of carbonyl (C=O) groups is 2. The molecule has 1 heterocycles. The van der Waals surface area contributed by atoms with Crippen molar-refractivity contribution < 1.29 is 23.5 Å². The van der Waals surface area contributed by atoms with Gasteiger partial charge < -0.3 is 19.7 Å². The van der Waals surface area contributed by atoms with Crippen molar-refractivity contribution >= 4 is 11.8 Å². The smallest absolute Gasteiger partial charge is 0.251 e. The fourth-order valence-electron chi connectivity index (χ4n) is 3.72. The van der Waals surface area contributed by atoms with Gasteiger partial charge in [-0.15, -0.1) is 0 Å². The van der Waals surface area contributed by atoms with Crippen LogP contribution in [0.15, 0.2) is 42.5 Å². The summed E-state index contributed by atoms with van der Waals surface area (Å²) in [4.78, 5) is 26.7. The molecule has 0 unspecified atom stereocenters. The van der Waals surface area contributed by atoms with Crippen molar-refractivity contribution in [3.05, 3.63) is 59.4 Å². The number of hydrogen-bond donors (Lipinski definition) is 1. The minimum Gasteiger partial charge on any atom is -0.493 e. The van der Waals surface area contributed by atoms with Crippen LogP contribution in [0.2, 0.25) is 0 Å². The topological polar surface area (TPSA) is 67.9 Å². The molecule has 1 aliphatic heterocycles. The standard InChI is InChI=1S/C24H29FN2O4/c1-3-31-21-9-7-17(15-22(21)30-2)8-10-23(28)27-13-11-20(12-14-27)26-24(29)18-5-4-6-19(25)16-18/h4-7,9,15-16,20H,3,8,10-14H2,1-2H3,(H,26,29). The van der Waals surface area contributed by atoms with E-state index in [1.807, 2.05) is 30.0 Å². The SMILES string of the molecule is CCOc1ccc(CCC(=O)N2CCC(NC(=O)c3cccc(F)c3)CC2)cc1OC. The Morgan fingerprint density at radius 2 is 1.90 bits per heavy atom. The Labute approximate surface area is 182 Å². The number of ether oxygens (including phenoxy) is 2. The number of halogens is 1. The van der Waals surface area contributed by atoms with E-state index >= 15 is 0 Å². The first-order valence-corrected chi connectivity index (χ1v) is 10.6. The molecule has 6 nitrogen and oxygen atoms in total. The van der Waals surface area contributed by atoms with Crippen molar-refractivity contribution in [1.29, 1.82) is 0 Å². The molecule has 0 atom stereocenters. The minimum absolute atomic E-state index is 0.0183. The summed E-state index contributed by atoms with van der Waals surface area (Å²) in [6.45, 7) is 3.67. The van der Waals surface area contributed by atoms with E-state index in [-0.39, 0.29) is 17.9 Å². The summed E-state index contributed by atoms with van der Waals surface area (Å²) >= 11 is 0. The molecule has 2 aromatic carbocycles. The number of nitrogens with one attached hydrogen (secondary N) is 1. The highest BCUT2D eigenvalue weighted by molar-refractivity contribution is 5.94. The molecule has 0 saturated carbocycles. The van der Waals surface area contributed by atoms with Gasteiger partial charge in [0.25, 0.3) is 5.91 Å². The van der Waals surface area contributed by atoms with Crippen molar-refractivity contribution in [3.63, 3.8) is 0 Å². The van der Waals surface area contributed by atoms with Crippen LogP contribution in [0, 0.1) is 5.82 Å². The first kappa shape index (κ1) is 22.6. The Morgan fingerprint density at radius 1 is 1.13 bits per heavy atom. The number of hydrogen-bond acceptors (Lipinski definition) is 4. The highest BCUT2D eigenvalue weighted by Gasteiger charge is 2.24. The quantitative estimate of drug-likeness (QED) is 0.698. The van der Waals surface area contributed by atoms with Crippen LogP contribution in [0.5, 0.6) is 11.5 Å². The van der Waals surface area contributed by atoms with Crippen LogP contribution in [0.4, 0.5) is 4.39 Å². The van der Waals surface area contributed by atoms with Gasteiger partial charge in [0.05, 0.1) is 13.7 Å². The molecule has 2 aromatic rings. The molecule has 3 rings (SSSR count). The average molecular weight is 429 g/mol. The molecule has 1 aliphatic rings. The van der Waals surface area contributed by atoms with E-state index in [4.69, 9.17) is 9.47 Å². The lowest BCUT2D eigenvalue weighted by molar-refractivity contribution is -0.132. The summed E-state index contributed by atoms with van der Waals surface area (Å²) < 4.78 is 24.2. The van der Waals surface area contributed by atoms with Crippen LogP contribution >= 0.6 is 0 Å². The fourth-order valence-corrected chi connectivity index (χ4v) is 3.72. The molecular formula is C24H29FN2O4. The Kier molecular flexibility index (Phi) is 7.87. The Hall–Kier alpha value is -3.09. The zero-order valence-electron chi connectivity index (χ0n) is 18.0. The second-order valence-electron chi connectivity index (χ2n) is 7.56. The first-order chi connectivity index (χ1) is 15.0. The Bertz CT molecular complexity index is 910. The second kappa shape index (κ2) is 10.8. The number of aryl methyl sites for hydroxylation is 1. The largest absolute Gasteiger partial charge is 0.493 e. The Balaban J connectivity index is 1.45. The number of piperidine rings is 1. The third-order valence-corrected chi connectivity index (χ3v) is 5.43. The number of carbonyl (C=O) groups excluding carboxylic acids is 2. The summed E-state index contributed by atoms with van der Waals surface area (Å²) in [5.41, 5.74) is 1.33. The summed E-state index contributed by atoms with van der Waals surface area (Å²) in [6, 6.07) is 11.4. The molecule has 1 saturated heterocycles. The van der Waals surface area contributed by atoms with Crippen LogP contribution in [0.1, 0.15) is 42.1 Å². The number of amides is 2. The van der Waals surface area contributed by atoms with Crippen LogP contribution in [-0.2, 0) is 11.2 Å². The molecule has 0 radical (unpaired) electrons. The zero-order valence-corrected chi connectivity index (χ0v) is 18.0. The van der Waals surface area contributed by atoms with Gasteiger partial charge in [-0.3, -0.25) is 9.59 Å². The molecule has 0 spiro atoms. The third-order valence-electron chi connectivity index (χ3n) is 5.43. The van der Waals surface area contributed by atoms with Gasteiger partial charge in [0.2, 0.25) is 5.91 Å². The molecule has 166 valence electrons. The summed E-state index contributed by atoms with van der Waals surface area (Å²) in [5.74, 6) is 0.749. The average Bonchev–Trinajstić information content (AvgIpc) is 2.78. The fraction of sp³-hybridized carbons (Fsp3) is 0.417. The maximum atomic E-state index is 13.3. The van der Waals surface area contributed by atoms with Gasteiger partial charge in [0.1, 0.15) is 5.82 Å². The highest BCUT2D eigenvalue weighted by atomic mass is 19.1. The van der Waals surface area contributed by atoms with Crippen LogP contribution in [-0.4, -0.2) is 49.6 Å². The molecule has 7 heteroatoms. The predicted molar refractivity (Wildman–Crippen MR) is 116 cm³/mol. The maximum absolute atomic E-state index is 13.3. The van der Waals surface area contributed by atoms with E-state index in [0.29, 0.717) is 62.4 Å². The van der Waals surface area contributed by atoms with Crippen LogP contribution in [0.3, 0.4) is 0 Å². The molecule has 0 aliphatic carbocycles. The lowest BCUT2D eigenvalue weighted by atomic mass is 10.0. The van der Waals surface area contributed by atoms with E-state index in [9.17, 15) is 14.0 Å². The summed E-state index contributed by atoms with van der Waals surface area (Å²) in [6.07, 6.45) is 2.41. The Morgan fingerprint density at radius 3 is 2.58 bits per heavy atom. The van der Waals surface area contributed by atoms with Crippen LogP contribution in [0.25, 0.3) is 0 Å². The van der Waals surface area contributed by atoms with Gasteiger partial charge in [0, 0.05) is 31.1 Å². The zero-order chi connectivity index (χ0) is 22.2. The number of methoxy groups -OCH3 is 1. The van der Waals surface area contributed by atoms with Crippen molar-refractivity contribution in [2.75, 3.05) is 26.8 Å². The van der Waals surface area contributed by atoms with Crippen molar-refractivity contribution in [2.45, 2.75) is 38.6 Å². The normalized spacial score (nSPS) is 14.2. The molecule has 2 amide bonds. The predicted octanol–water partition coefficient (Wildman–Crippen LogP) is 3.59. The number of nitrogens with zero attached hydrogens (tertiary/aromatic N) is 1. The van der Waals surface area contributed by atoms with E-state index in [1.165, 1.54) is 18.2 Å². The summed E-state index contributed by atoms with van der Waals surface area (Å²) in [7, 11) is 1.60. The summed E-state index contributed by atoms with van der Waals surface area (Å²) in [5, 5.41) is 2.94. The maximum Gasteiger partial charge on any atom is 0.251 e. The van der Waals surface area contributed by atoms with Crippen LogP contribution < -0.4 is 14.8 Å². The number of benzene rings is 2. The molecule has 31 heavy (non-hydrogen) atoms. The van der Waals surface area contributed by atoms with Gasteiger partial charge >= 0.3 is 0 Å². The van der Waals surface area contributed by atoms with Crippen molar-refractivity contribution in [2.24, 2.45) is 0 Å². The molecule has 1 N–H and O–H groups in total. The van der Waals surface area contributed by atoms with Gasteiger partial charge in [-0.2, -0.15) is 0 Å². The molecule has 0 aromatic heterocycles. The van der Waals surface area contributed by atoms with E-state index in [0.717, 1.165) is 5.56 Å². The van der Waals surface area contributed by atoms with Gasteiger partial charge in [-0.05, 0) is 62.1 Å².